The minimum absolute atomic E-state index is 0.176. The van der Waals surface area contributed by atoms with Gasteiger partial charge in [0, 0.05) is 4.88 Å². The number of nitrogens with zero attached hydrogens (tertiary/aromatic N) is 3. The molecule has 0 bridgehead atoms. The Morgan fingerprint density at radius 3 is 2.82 bits per heavy atom. The smallest absolute Gasteiger partial charge is 0.277 e. The summed E-state index contributed by atoms with van der Waals surface area (Å²) in [5.74, 6) is 1.46. The third-order valence-electron chi connectivity index (χ3n) is 4.11. The number of ether oxygens (including phenoxy) is 2. The molecule has 0 saturated heterocycles. The van der Waals surface area contributed by atoms with Gasteiger partial charge in [-0.15, -0.1) is 21.5 Å². The Kier molecular flexibility index (Phi) is 5.23. The van der Waals surface area contributed by atoms with Crippen LogP contribution < -0.4 is 14.8 Å². The Balaban J connectivity index is 1.37. The van der Waals surface area contributed by atoms with E-state index in [9.17, 15) is 4.79 Å². The molecule has 1 aliphatic heterocycles. The molecule has 4 rings (SSSR count). The van der Waals surface area contributed by atoms with E-state index < -0.39 is 11.4 Å². The maximum atomic E-state index is 12.4. The van der Waals surface area contributed by atoms with Gasteiger partial charge in [-0.05, 0) is 32.9 Å². The lowest BCUT2D eigenvalue weighted by molar-refractivity contribution is -0.115. The van der Waals surface area contributed by atoms with Crippen molar-refractivity contribution in [2.45, 2.75) is 37.3 Å². The highest BCUT2D eigenvalue weighted by atomic mass is 32.2. The Morgan fingerprint density at radius 2 is 2.07 bits per heavy atom. The van der Waals surface area contributed by atoms with Crippen LogP contribution in [-0.4, -0.2) is 32.9 Å². The predicted octanol–water partition coefficient (Wildman–Crippen LogP) is 3.77. The quantitative estimate of drug-likeness (QED) is 0.625. The van der Waals surface area contributed by atoms with E-state index in [0.29, 0.717) is 27.7 Å². The first-order valence-corrected chi connectivity index (χ1v) is 10.3. The molecule has 146 valence electrons. The number of hydrogen-bond acceptors (Lipinski definition) is 9. The fraction of sp³-hybridized carbons (Fsp3) is 0.333. The summed E-state index contributed by atoms with van der Waals surface area (Å²) in [4.78, 5) is 17.8. The summed E-state index contributed by atoms with van der Waals surface area (Å²) in [6.07, 6.45) is -0.484. The van der Waals surface area contributed by atoms with E-state index in [2.05, 4.69) is 20.5 Å². The second-order valence-corrected chi connectivity index (χ2v) is 8.68. The first kappa shape index (κ1) is 18.8. The fourth-order valence-electron chi connectivity index (χ4n) is 2.48. The van der Waals surface area contributed by atoms with Crippen molar-refractivity contribution in [1.29, 1.82) is 0 Å². The largest absolute Gasteiger partial charge is 0.485 e. The molecule has 3 aromatic rings. The molecule has 1 aliphatic rings. The van der Waals surface area contributed by atoms with Crippen molar-refractivity contribution in [2.24, 2.45) is 0 Å². The maximum absolute atomic E-state index is 12.4. The number of amides is 1. The summed E-state index contributed by atoms with van der Waals surface area (Å²) < 4.78 is 17.2. The number of thiazole rings is 1. The van der Waals surface area contributed by atoms with E-state index in [4.69, 9.17) is 13.9 Å². The second kappa shape index (κ2) is 7.80. The number of thioether (sulfide) groups is 1. The summed E-state index contributed by atoms with van der Waals surface area (Å²) in [7, 11) is 0. The molecule has 0 radical (unpaired) electrons. The van der Waals surface area contributed by atoms with Gasteiger partial charge >= 0.3 is 0 Å². The number of fused-ring (bicyclic) bond motifs is 1. The zero-order valence-corrected chi connectivity index (χ0v) is 17.1. The van der Waals surface area contributed by atoms with Crippen molar-refractivity contribution < 1.29 is 18.7 Å². The number of benzene rings is 1. The molecule has 0 saturated carbocycles. The summed E-state index contributed by atoms with van der Waals surface area (Å²) in [5.41, 5.74) is 0.915. The van der Waals surface area contributed by atoms with Gasteiger partial charge in [-0.3, -0.25) is 4.79 Å². The first-order valence-electron chi connectivity index (χ1n) is 8.63. The molecule has 28 heavy (non-hydrogen) atoms. The highest BCUT2D eigenvalue weighted by molar-refractivity contribution is 8.00. The van der Waals surface area contributed by atoms with Gasteiger partial charge in [0.15, 0.2) is 16.6 Å². The molecule has 1 N–H and O–H groups in total. The minimum Gasteiger partial charge on any atom is -0.485 e. The molecule has 3 heterocycles. The van der Waals surface area contributed by atoms with Crippen LogP contribution in [-0.2, 0) is 4.79 Å². The monoisotopic (exact) mass is 418 g/mol. The summed E-state index contributed by atoms with van der Waals surface area (Å²) in [6.45, 7) is 5.93. The molecule has 10 heteroatoms. The van der Waals surface area contributed by atoms with Crippen LogP contribution in [0.5, 0.6) is 11.5 Å². The Bertz CT molecular complexity index is 984. The van der Waals surface area contributed by atoms with Crippen LogP contribution in [0, 0.1) is 13.8 Å². The van der Waals surface area contributed by atoms with E-state index >= 15 is 0 Å². The molecular weight excluding hydrogens is 400 g/mol. The average molecular weight is 419 g/mol. The number of anilines is 1. The average Bonchev–Trinajstić information content (AvgIpc) is 3.27. The van der Waals surface area contributed by atoms with Crippen molar-refractivity contribution in [2.75, 3.05) is 11.9 Å². The van der Waals surface area contributed by atoms with Crippen LogP contribution in [0.1, 0.15) is 29.5 Å². The molecule has 0 aliphatic carbocycles. The number of aryl methyl sites for hydroxylation is 2. The molecule has 0 spiro atoms. The van der Waals surface area contributed by atoms with E-state index in [1.54, 1.807) is 6.92 Å². The zero-order valence-electron chi connectivity index (χ0n) is 15.5. The number of aromatic nitrogens is 3. The van der Waals surface area contributed by atoms with Gasteiger partial charge in [0.25, 0.3) is 11.1 Å². The number of hydrogen-bond donors (Lipinski definition) is 1. The van der Waals surface area contributed by atoms with E-state index in [1.165, 1.54) is 23.1 Å². The number of rotatable bonds is 5. The lowest BCUT2D eigenvalue weighted by atomic mass is 10.2. The van der Waals surface area contributed by atoms with Gasteiger partial charge in [0.05, 0.1) is 10.9 Å². The Morgan fingerprint density at radius 1 is 1.29 bits per heavy atom. The normalized spacial score (nSPS) is 16.6. The second-order valence-electron chi connectivity index (χ2n) is 6.18. The predicted molar refractivity (Wildman–Crippen MR) is 105 cm³/mol. The maximum Gasteiger partial charge on any atom is 0.277 e. The number of nitrogens with one attached hydrogen (secondary N) is 1. The van der Waals surface area contributed by atoms with Crippen LogP contribution in [0.2, 0.25) is 0 Å². The molecule has 2 atom stereocenters. The van der Waals surface area contributed by atoms with Gasteiger partial charge in [-0.2, -0.15) is 0 Å². The zero-order chi connectivity index (χ0) is 19.7. The van der Waals surface area contributed by atoms with Gasteiger partial charge in [0.2, 0.25) is 12.0 Å². The van der Waals surface area contributed by atoms with E-state index in [1.807, 2.05) is 38.1 Å². The first-order chi connectivity index (χ1) is 13.5. The van der Waals surface area contributed by atoms with Crippen LogP contribution in [0.4, 0.5) is 5.13 Å². The molecule has 1 aromatic carbocycles. The van der Waals surface area contributed by atoms with Crippen molar-refractivity contribution in [1.82, 2.24) is 15.2 Å². The fourth-order valence-corrected chi connectivity index (χ4v) is 3.98. The SMILES string of the molecule is Cc1nc(NC(=O)[C@H](C)Sc2nnc([C@H]3COc4ccccc4O3)o2)sc1C. The molecule has 1 amide bonds. The van der Waals surface area contributed by atoms with Gasteiger partial charge in [-0.25, -0.2) is 4.98 Å². The third kappa shape index (κ3) is 3.97. The number of para-hydroxylation sites is 2. The summed E-state index contributed by atoms with van der Waals surface area (Å²) in [6, 6.07) is 7.41. The molecular formula is C18H18N4O4S2. The summed E-state index contributed by atoms with van der Waals surface area (Å²) >= 11 is 2.63. The minimum atomic E-state index is -0.484. The number of carbonyl (C=O) groups excluding carboxylic acids is 1. The van der Waals surface area contributed by atoms with Crippen LogP contribution in [0.3, 0.4) is 0 Å². The number of carbonyl (C=O) groups is 1. The summed E-state index contributed by atoms with van der Waals surface area (Å²) in [5, 5.41) is 11.3. The van der Waals surface area contributed by atoms with Crippen molar-refractivity contribution in [3.8, 4) is 11.5 Å². The van der Waals surface area contributed by atoms with E-state index in [0.717, 1.165) is 10.6 Å². The van der Waals surface area contributed by atoms with Crippen molar-refractivity contribution >= 4 is 34.1 Å². The lowest BCUT2D eigenvalue weighted by Crippen LogP contribution is -2.22. The van der Waals surface area contributed by atoms with Crippen LogP contribution in [0.15, 0.2) is 33.9 Å². The Hall–Kier alpha value is -2.59. The standard InChI is InChI=1S/C18H18N4O4S2/c1-9-10(2)27-17(19-9)20-15(23)11(3)28-18-22-21-16(26-18)14-8-24-12-6-4-5-7-13(12)25-14/h4-7,11,14H,8H2,1-3H3,(H,19,20,23)/t11-,14+/m0/s1. The van der Waals surface area contributed by atoms with Gasteiger partial charge in [-0.1, -0.05) is 23.9 Å². The molecule has 0 fully saturated rings. The van der Waals surface area contributed by atoms with Crippen molar-refractivity contribution in [3.05, 3.63) is 40.7 Å². The van der Waals surface area contributed by atoms with Crippen molar-refractivity contribution in [3.63, 3.8) is 0 Å². The molecule has 2 aromatic heterocycles. The van der Waals surface area contributed by atoms with Crippen LogP contribution in [0.25, 0.3) is 0 Å². The van der Waals surface area contributed by atoms with Crippen LogP contribution >= 0.6 is 23.1 Å². The van der Waals surface area contributed by atoms with Gasteiger partial charge < -0.3 is 19.2 Å². The van der Waals surface area contributed by atoms with E-state index in [-0.39, 0.29) is 12.5 Å². The topological polar surface area (TPSA) is 99.4 Å². The highest BCUT2D eigenvalue weighted by Gasteiger charge is 2.28. The lowest BCUT2D eigenvalue weighted by Gasteiger charge is -2.23. The molecule has 8 nitrogen and oxygen atoms in total. The highest BCUT2D eigenvalue weighted by Crippen LogP contribution is 2.36. The molecule has 0 unspecified atom stereocenters. The van der Waals surface area contributed by atoms with Gasteiger partial charge in [0.1, 0.15) is 6.61 Å². The third-order valence-corrected chi connectivity index (χ3v) is 6.03. The Labute approximate surface area is 169 Å².